The Hall–Kier alpha value is -0.870. The Labute approximate surface area is 97.7 Å². The normalized spacial score (nSPS) is 12.8. The van der Waals surface area contributed by atoms with Crippen LogP contribution in [0.25, 0.3) is 0 Å². The quantitative estimate of drug-likeness (QED) is 0.880. The summed E-state index contributed by atoms with van der Waals surface area (Å²) in [5, 5.41) is 5.05. The number of rotatable bonds is 4. The van der Waals surface area contributed by atoms with E-state index in [1.165, 1.54) is 0 Å². The average Bonchev–Trinajstić information content (AvgIpc) is 2.16. The third kappa shape index (κ3) is 3.06. The van der Waals surface area contributed by atoms with Crippen LogP contribution in [0.1, 0.15) is 39.2 Å². The second kappa shape index (κ2) is 4.55. The van der Waals surface area contributed by atoms with Gasteiger partial charge in [0.05, 0.1) is 4.90 Å². The van der Waals surface area contributed by atoms with Crippen molar-refractivity contribution in [1.29, 1.82) is 0 Å². The maximum Gasteiger partial charge on any atom is 0.238 e. The fourth-order valence-electron chi connectivity index (χ4n) is 1.87. The molecule has 0 fully saturated rings. The van der Waals surface area contributed by atoms with Crippen molar-refractivity contribution in [2.45, 2.75) is 43.9 Å². The fraction of sp³-hybridized carbons (Fsp3) is 0.500. The second-order valence-electron chi connectivity index (χ2n) is 4.70. The van der Waals surface area contributed by atoms with Crippen molar-refractivity contribution >= 4 is 10.0 Å². The van der Waals surface area contributed by atoms with Crippen LogP contribution < -0.4 is 5.14 Å². The van der Waals surface area contributed by atoms with Crippen LogP contribution in [0.4, 0.5) is 0 Å². The molecule has 0 bridgehead atoms. The molecule has 0 aliphatic rings. The zero-order chi connectivity index (χ0) is 12.4. The highest BCUT2D eigenvalue weighted by molar-refractivity contribution is 7.89. The van der Waals surface area contributed by atoms with Gasteiger partial charge in [-0.05, 0) is 29.5 Å². The van der Waals surface area contributed by atoms with Gasteiger partial charge in [-0.3, -0.25) is 0 Å². The summed E-state index contributed by atoms with van der Waals surface area (Å²) in [6, 6.07) is 6.83. The van der Waals surface area contributed by atoms with Crippen LogP contribution in [0.15, 0.2) is 29.2 Å². The van der Waals surface area contributed by atoms with Crippen molar-refractivity contribution in [3.8, 4) is 0 Å². The summed E-state index contributed by atoms with van der Waals surface area (Å²) in [5.74, 6) is 0. The molecule has 0 aromatic heterocycles. The third-order valence-electron chi connectivity index (χ3n) is 2.84. The van der Waals surface area contributed by atoms with Gasteiger partial charge in [0.25, 0.3) is 0 Å². The first-order valence-corrected chi connectivity index (χ1v) is 6.95. The van der Waals surface area contributed by atoms with Crippen molar-refractivity contribution in [2.75, 3.05) is 0 Å². The molecule has 0 amide bonds. The van der Waals surface area contributed by atoms with E-state index < -0.39 is 10.0 Å². The molecule has 0 radical (unpaired) electrons. The molecule has 0 spiro atoms. The van der Waals surface area contributed by atoms with Gasteiger partial charge in [0, 0.05) is 0 Å². The summed E-state index contributed by atoms with van der Waals surface area (Å²) in [6.07, 6.45) is 2.17. The van der Waals surface area contributed by atoms with Crippen LogP contribution in [-0.2, 0) is 15.4 Å². The van der Waals surface area contributed by atoms with Crippen LogP contribution in [0.2, 0.25) is 0 Å². The molecular weight excluding hydrogens is 222 g/mol. The van der Waals surface area contributed by atoms with E-state index >= 15 is 0 Å². The number of sulfonamides is 1. The molecule has 3 nitrogen and oxygen atoms in total. The smallest absolute Gasteiger partial charge is 0.225 e. The molecule has 2 N–H and O–H groups in total. The van der Waals surface area contributed by atoms with Gasteiger partial charge in [-0.25, -0.2) is 13.6 Å². The Balaban J connectivity index is 3.04. The van der Waals surface area contributed by atoms with Crippen LogP contribution in [0, 0.1) is 0 Å². The van der Waals surface area contributed by atoms with Gasteiger partial charge in [0.1, 0.15) is 0 Å². The van der Waals surface area contributed by atoms with E-state index in [9.17, 15) is 8.42 Å². The van der Waals surface area contributed by atoms with Gasteiger partial charge in [-0.2, -0.15) is 0 Å². The molecule has 1 aromatic carbocycles. The van der Waals surface area contributed by atoms with Crippen molar-refractivity contribution < 1.29 is 8.42 Å². The predicted molar refractivity (Wildman–Crippen MR) is 65.7 cm³/mol. The molecule has 0 aliphatic heterocycles. The Morgan fingerprint density at radius 1 is 1.19 bits per heavy atom. The van der Waals surface area contributed by atoms with Crippen LogP contribution in [0.5, 0.6) is 0 Å². The highest BCUT2D eigenvalue weighted by Crippen LogP contribution is 2.28. The first kappa shape index (κ1) is 13.2. The molecule has 0 saturated heterocycles. The zero-order valence-electron chi connectivity index (χ0n) is 10.0. The summed E-state index contributed by atoms with van der Waals surface area (Å²) >= 11 is 0. The van der Waals surface area contributed by atoms with Crippen molar-refractivity contribution in [1.82, 2.24) is 0 Å². The summed E-state index contributed by atoms with van der Waals surface area (Å²) < 4.78 is 22.2. The molecule has 1 aromatic rings. The Bertz CT molecular complexity index is 446. The Morgan fingerprint density at radius 2 is 1.69 bits per heavy atom. The van der Waals surface area contributed by atoms with E-state index in [4.69, 9.17) is 5.14 Å². The summed E-state index contributed by atoms with van der Waals surface area (Å²) in [4.78, 5) is 0.170. The second-order valence-corrected chi connectivity index (χ2v) is 6.26. The Morgan fingerprint density at radius 3 is 2.06 bits per heavy atom. The molecule has 16 heavy (non-hydrogen) atoms. The fourth-order valence-corrected chi connectivity index (χ4v) is 2.38. The summed E-state index contributed by atoms with van der Waals surface area (Å²) in [6.45, 7) is 6.45. The highest BCUT2D eigenvalue weighted by Gasteiger charge is 2.19. The lowest BCUT2D eigenvalue weighted by atomic mass is 9.81. The summed E-state index contributed by atoms with van der Waals surface area (Å²) in [5.41, 5.74) is 1.22. The van der Waals surface area contributed by atoms with Crippen LogP contribution in [-0.4, -0.2) is 8.42 Å². The Kier molecular flexibility index (Phi) is 3.76. The van der Waals surface area contributed by atoms with E-state index in [0.717, 1.165) is 18.4 Å². The van der Waals surface area contributed by atoms with Gasteiger partial charge in [0.2, 0.25) is 10.0 Å². The molecule has 0 heterocycles. The molecule has 0 atom stereocenters. The lowest BCUT2D eigenvalue weighted by Crippen LogP contribution is -2.17. The molecule has 4 heteroatoms. The van der Waals surface area contributed by atoms with Gasteiger partial charge >= 0.3 is 0 Å². The van der Waals surface area contributed by atoms with E-state index in [-0.39, 0.29) is 10.3 Å². The average molecular weight is 241 g/mol. The third-order valence-corrected chi connectivity index (χ3v) is 3.77. The molecule has 90 valence electrons. The molecule has 0 saturated carbocycles. The van der Waals surface area contributed by atoms with Gasteiger partial charge < -0.3 is 0 Å². The first-order chi connectivity index (χ1) is 7.27. The molecular formula is C12H19NO2S. The monoisotopic (exact) mass is 241 g/mol. The predicted octanol–water partition coefficient (Wildman–Crippen LogP) is 2.41. The lowest BCUT2D eigenvalue weighted by Gasteiger charge is -2.24. The summed E-state index contributed by atoms with van der Waals surface area (Å²) in [7, 11) is -3.58. The van der Waals surface area contributed by atoms with E-state index in [1.807, 2.05) is 12.1 Å². The SMILES string of the molecule is CCCC(C)(C)c1ccc(S(N)(=O)=O)cc1. The van der Waals surface area contributed by atoms with Crippen molar-refractivity contribution in [2.24, 2.45) is 5.14 Å². The van der Waals surface area contributed by atoms with Crippen molar-refractivity contribution in [3.05, 3.63) is 29.8 Å². The topological polar surface area (TPSA) is 60.2 Å². The zero-order valence-corrected chi connectivity index (χ0v) is 10.8. The number of hydrogen-bond donors (Lipinski definition) is 1. The van der Waals surface area contributed by atoms with Crippen molar-refractivity contribution in [3.63, 3.8) is 0 Å². The number of benzene rings is 1. The van der Waals surface area contributed by atoms with Gasteiger partial charge in [-0.15, -0.1) is 0 Å². The minimum absolute atomic E-state index is 0.0750. The van der Waals surface area contributed by atoms with E-state index in [0.29, 0.717) is 0 Å². The molecule has 1 rings (SSSR count). The van der Waals surface area contributed by atoms with Crippen LogP contribution >= 0.6 is 0 Å². The molecule has 0 unspecified atom stereocenters. The first-order valence-electron chi connectivity index (χ1n) is 5.41. The lowest BCUT2D eigenvalue weighted by molar-refractivity contribution is 0.473. The van der Waals surface area contributed by atoms with Gasteiger partial charge in [0.15, 0.2) is 0 Å². The number of nitrogens with two attached hydrogens (primary N) is 1. The van der Waals surface area contributed by atoms with E-state index in [1.54, 1.807) is 12.1 Å². The largest absolute Gasteiger partial charge is 0.238 e. The maximum absolute atomic E-state index is 11.1. The molecule has 0 aliphatic carbocycles. The van der Waals surface area contributed by atoms with Gasteiger partial charge in [-0.1, -0.05) is 39.3 Å². The minimum Gasteiger partial charge on any atom is -0.225 e. The maximum atomic E-state index is 11.1. The standard InChI is InChI=1S/C12H19NO2S/c1-4-9-12(2,3)10-5-7-11(8-6-10)16(13,14)15/h5-8H,4,9H2,1-3H3,(H2,13,14,15). The van der Waals surface area contributed by atoms with E-state index in [2.05, 4.69) is 20.8 Å². The minimum atomic E-state index is -3.58. The highest BCUT2D eigenvalue weighted by atomic mass is 32.2. The van der Waals surface area contributed by atoms with Crippen LogP contribution in [0.3, 0.4) is 0 Å². The number of hydrogen-bond acceptors (Lipinski definition) is 2. The number of primary sulfonamides is 1.